The fourth-order valence-electron chi connectivity index (χ4n) is 2.34. The van der Waals surface area contributed by atoms with Crippen LogP contribution in [0, 0.1) is 5.92 Å². The number of alkyl halides is 2. The molecule has 0 saturated heterocycles. The average Bonchev–Trinajstić information content (AvgIpc) is 2.96. The van der Waals surface area contributed by atoms with E-state index in [1.165, 1.54) is 4.70 Å². The molecule has 2 nitrogen and oxygen atoms in total. The van der Waals surface area contributed by atoms with Crippen LogP contribution in [-0.4, -0.2) is 15.9 Å². The molecule has 0 amide bonds. The predicted octanol–water partition coefficient (Wildman–Crippen LogP) is 5.54. The van der Waals surface area contributed by atoms with Gasteiger partial charge >= 0.3 is 0 Å². The van der Waals surface area contributed by atoms with Gasteiger partial charge in [-0.2, -0.15) is 0 Å². The number of fused-ring (bicyclic) bond motifs is 1. The molecular formula is C17H13Cl2NOS. The van der Waals surface area contributed by atoms with Gasteiger partial charge in [-0.1, -0.05) is 12.1 Å². The van der Waals surface area contributed by atoms with Crippen molar-refractivity contribution >= 4 is 44.8 Å². The Hall–Kier alpha value is -1.29. The summed E-state index contributed by atoms with van der Waals surface area (Å²) < 4.78 is 6.35. The number of hydrogen-bond acceptors (Lipinski definition) is 3. The van der Waals surface area contributed by atoms with Crippen molar-refractivity contribution < 1.29 is 4.74 Å². The zero-order valence-electron chi connectivity index (χ0n) is 11.6. The third-order valence-corrected chi connectivity index (χ3v) is 5.81. The van der Waals surface area contributed by atoms with Crippen molar-refractivity contribution in [1.82, 2.24) is 4.98 Å². The van der Waals surface area contributed by atoms with Crippen LogP contribution in [0.15, 0.2) is 48.5 Å². The molecule has 3 aromatic rings. The number of benzene rings is 2. The zero-order chi connectivity index (χ0) is 15.2. The number of hydrogen-bond donors (Lipinski definition) is 0. The highest BCUT2D eigenvalue weighted by atomic mass is 35.5. The van der Waals surface area contributed by atoms with E-state index in [0.29, 0.717) is 6.61 Å². The lowest BCUT2D eigenvalue weighted by molar-refractivity contribution is 0.298. The van der Waals surface area contributed by atoms with Crippen molar-refractivity contribution in [3.05, 3.63) is 48.5 Å². The second-order valence-corrected chi connectivity index (χ2v) is 8.06. The average molecular weight is 350 g/mol. The molecule has 1 atom stereocenters. The highest BCUT2D eigenvalue weighted by Crippen LogP contribution is 2.53. The third-order valence-electron chi connectivity index (χ3n) is 3.80. The van der Waals surface area contributed by atoms with Gasteiger partial charge in [0, 0.05) is 11.5 Å². The molecular weight excluding hydrogens is 337 g/mol. The van der Waals surface area contributed by atoms with Gasteiger partial charge in [0.15, 0.2) is 0 Å². The summed E-state index contributed by atoms with van der Waals surface area (Å²) in [5.41, 5.74) is 2.14. The molecule has 1 aliphatic carbocycles. The van der Waals surface area contributed by atoms with Crippen LogP contribution in [0.5, 0.6) is 5.75 Å². The molecule has 22 heavy (non-hydrogen) atoms. The van der Waals surface area contributed by atoms with Crippen LogP contribution < -0.4 is 4.74 Å². The van der Waals surface area contributed by atoms with E-state index in [2.05, 4.69) is 11.1 Å². The number of nitrogens with zero attached hydrogens (tertiary/aromatic N) is 1. The first-order valence-electron chi connectivity index (χ1n) is 7.08. The Balaban J connectivity index is 1.49. The highest BCUT2D eigenvalue weighted by Gasteiger charge is 2.52. The first-order chi connectivity index (χ1) is 10.6. The van der Waals surface area contributed by atoms with Crippen molar-refractivity contribution in [2.45, 2.75) is 10.8 Å². The molecule has 0 bridgehead atoms. The van der Waals surface area contributed by atoms with E-state index in [9.17, 15) is 0 Å². The molecule has 1 aromatic heterocycles. The first-order valence-corrected chi connectivity index (χ1v) is 8.66. The Labute approximate surface area is 142 Å². The van der Waals surface area contributed by atoms with Gasteiger partial charge in [0.05, 0.1) is 16.8 Å². The second-order valence-electron chi connectivity index (χ2n) is 5.48. The van der Waals surface area contributed by atoms with Gasteiger partial charge in [-0.3, -0.25) is 0 Å². The molecule has 0 aliphatic heterocycles. The van der Waals surface area contributed by atoms with Crippen molar-refractivity contribution in [2.75, 3.05) is 6.61 Å². The summed E-state index contributed by atoms with van der Waals surface area (Å²) in [4.78, 5) is 4.66. The smallest absolute Gasteiger partial charge is 0.125 e. The maximum absolute atomic E-state index is 6.00. The maximum Gasteiger partial charge on any atom is 0.125 e. The Morgan fingerprint density at radius 3 is 2.55 bits per heavy atom. The lowest BCUT2D eigenvalue weighted by Crippen LogP contribution is -2.04. The van der Waals surface area contributed by atoms with Gasteiger partial charge in [0.1, 0.15) is 15.1 Å². The number of halogens is 2. The fraction of sp³-hybridized carbons (Fsp3) is 0.235. The number of ether oxygens (including phenoxy) is 1. The van der Waals surface area contributed by atoms with Crippen molar-refractivity contribution in [3.63, 3.8) is 0 Å². The normalized spacial score (nSPS) is 19.3. The minimum Gasteiger partial charge on any atom is -0.493 e. The van der Waals surface area contributed by atoms with Gasteiger partial charge in [-0.15, -0.1) is 34.5 Å². The Morgan fingerprint density at radius 1 is 1.14 bits per heavy atom. The SMILES string of the molecule is ClC1(Cl)CC1COc1ccc(-c2nc3ccccc3s2)cc1. The van der Waals surface area contributed by atoms with Gasteiger partial charge in [0.25, 0.3) is 0 Å². The zero-order valence-corrected chi connectivity index (χ0v) is 14.0. The molecule has 1 aliphatic rings. The van der Waals surface area contributed by atoms with E-state index in [-0.39, 0.29) is 5.92 Å². The predicted molar refractivity (Wildman–Crippen MR) is 93.1 cm³/mol. The molecule has 2 aromatic carbocycles. The largest absolute Gasteiger partial charge is 0.493 e. The summed E-state index contributed by atoms with van der Waals surface area (Å²) in [5, 5.41) is 1.02. The maximum atomic E-state index is 6.00. The Morgan fingerprint density at radius 2 is 1.86 bits per heavy atom. The number of para-hydroxylation sites is 1. The van der Waals surface area contributed by atoms with E-state index in [4.69, 9.17) is 27.9 Å². The number of aromatic nitrogens is 1. The summed E-state index contributed by atoms with van der Waals surface area (Å²) in [6, 6.07) is 16.2. The molecule has 112 valence electrons. The molecule has 1 fully saturated rings. The van der Waals surface area contributed by atoms with Crippen LogP contribution in [0.2, 0.25) is 0 Å². The quantitative estimate of drug-likeness (QED) is 0.577. The number of rotatable bonds is 4. The first kappa shape index (κ1) is 14.3. The summed E-state index contributed by atoms with van der Waals surface area (Å²) in [5.74, 6) is 1.07. The van der Waals surface area contributed by atoms with Gasteiger partial charge < -0.3 is 4.74 Å². The third kappa shape index (κ3) is 2.81. The molecule has 1 saturated carbocycles. The molecule has 1 heterocycles. The van der Waals surface area contributed by atoms with Crippen molar-refractivity contribution in [3.8, 4) is 16.3 Å². The van der Waals surface area contributed by atoms with Gasteiger partial charge in [-0.05, 0) is 42.8 Å². The van der Waals surface area contributed by atoms with Crippen molar-refractivity contribution in [1.29, 1.82) is 0 Å². The molecule has 4 rings (SSSR count). The van der Waals surface area contributed by atoms with Crippen LogP contribution in [0.1, 0.15) is 6.42 Å². The van der Waals surface area contributed by atoms with Crippen LogP contribution in [0.3, 0.4) is 0 Å². The molecule has 5 heteroatoms. The Kier molecular flexibility index (Phi) is 3.52. The van der Waals surface area contributed by atoms with Crippen LogP contribution in [-0.2, 0) is 0 Å². The van der Waals surface area contributed by atoms with Crippen molar-refractivity contribution in [2.24, 2.45) is 5.92 Å². The van der Waals surface area contributed by atoms with E-state index >= 15 is 0 Å². The molecule has 0 N–H and O–H groups in total. The monoisotopic (exact) mass is 349 g/mol. The Bertz CT molecular complexity index is 780. The van der Waals surface area contributed by atoms with Crippen LogP contribution in [0.25, 0.3) is 20.8 Å². The van der Waals surface area contributed by atoms with Gasteiger partial charge in [-0.25, -0.2) is 4.98 Å². The summed E-state index contributed by atoms with van der Waals surface area (Å²) >= 11 is 13.7. The standard InChI is InChI=1S/C17H13Cl2NOS/c18-17(19)9-12(17)10-21-13-7-5-11(6-8-13)16-20-14-3-1-2-4-15(14)22-16/h1-8,12H,9-10H2. The number of thiazole rings is 1. The minimum absolute atomic E-state index is 0.236. The lowest BCUT2D eigenvalue weighted by atomic mass is 10.2. The molecule has 0 spiro atoms. The lowest BCUT2D eigenvalue weighted by Gasteiger charge is -2.06. The molecule has 0 radical (unpaired) electrons. The molecule has 1 unspecified atom stereocenters. The topological polar surface area (TPSA) is 22.1 Å². The van der Waals surface area contributed by atoms with Gasteiger partial charge in [0.2, 0.25) is 0 Å². The summed E-state index contributed by atoms with van der Waals surface area (Å²) in [6.07, 6.45) is 0.805. The minimum atomic E-state index is -0.582. The summed E-state index contributed by atoms with van der Waals surface area (Å²) in [6.45, 7) is 0.563. The van der Waals surface area contributed by atoms with E-state index < -0.39 is 4.33 Å². The van der Waals surface area contributed by atoms with E-state index in [1.54, 1.807) is 11.3 Å². The van der Waals surface area contributed by atoms with Crippen LogP contribution >= 0.6 is 34.5 Å². The van der Waals surface area contributed by atoms with E-state index in [1.807, 2.05) is 42.5 Å². The fourth-order valence-corrected chi connectivity index (χ4v) is 3.81. The van der Waals surface area contributed by atoms with Crippen LogP contribution in [0.4, 0.5) is 0 Å². The summed E-state index contributed by atoms with van der Waals surface area (Å²) in [7, 11) is 0. The highest BCUT2D eigenvalue weighted by molar-refractivity contribution is 7.21. The second kappa shape index (κ2) is 5.41. The van der Waals surface area contributed by atoms with E-state index in [0.717, 1.165) is 28.3 Å².